The van der Waals surface area contributed by atoms with E-state index in [1.807, 2.05) is 0 Å². The highest BCUT2D eigenvalue weighted by molar-refractivity contribution is 4.61. The van der Waals surface area contributed by atoms with Crippen molar-refractivity contribution in [2.45, 2.75) is 65.3 Å². The van der Waals surface area contributed by atoms with Crippen LogP contribution in [-0.2, 0) is 0 Å². The summed E-state index contributed by atoms with van der Waals surface area (Å²) in [5.74, 6) is 0. The molecule has 0 aromatic carbocycles. The van der Waals surface area contributed by atoms with Crippen LogP contribution in [0.2, 0.25) is 0 Å². The van der Waals surface area contributed by atoms with E-state index in [1.165, 1.54) is 58.2 Å². The van der Waals surface area contributed by atoms with E-state index in [9.17, 15) is 0 Å². The van der Waals surface area contributed by atoms with Crippen LogP contribution in [0.5, 0.6) is 0 Å². The fourth-order valence-electron chi connectivity index (χ4n) is 1.92. The van der Waals surface area contributed by atoms with Crippen LogP contribution >= 0.6 is 0 Å². The summed E-state index contributed by atoms with van der Waals surface area (Å²) in [5.41, 5.74) is 0. The van der Waals surface area contributed by atoms with E-state index in [2.05, 4.69) is 38.0 Å². The van der Waals surface area contributed by atoms with Crippen LogP contribution in [0.3, 0.4) is 0 Å². The van der Waals surface area contributed by atoms with Crippen LogP contribution in [0, 0.1) is 0 Å². The number of rotatable bonds is 6. The molecule has 2 nitrogen and oxygen atoms in total. The van der Waals surface area contributed by atoms with Gasteiger partial charge in [-0.3, -0.25) is 0 Å². The molecule has 0 radical (unpaired) electrons. The first-order valence-electron chi connectivity index (χ1n) is 7.13. The lowest BCUT2D eigenvalue weighted by atomic mass is 10.1. The van der Waals surface area contributed by atoms with E-state index in [-0.39, 0.29) is 0 Å². The molecule has 2 heteroatoms. The minimum atomic E-state index is 0.773. The summed E-state index contributed by atoms with van der Waals surface area (Å²) in [6.07, 6.45) is 8.10. The van der Waals surface area contributed by atoms with Crippen molar-refractivity contribution < 1.29 is 0 Å². The Hall–Kier alpha value is -0.0800. The zero-order chi connectivity index (χ0) is 12.2. The highest BCUT2D eigenvalue weighted by atomic mass is 15.1. The van der Waals surface area contributed by atoms with Crippen LogP contribution in [0.4, 0.5) is 0 Å². The molecule has 0 saturated carbocycles. The second-order valence-electron chi connectivity index (χ2n) is 4.93. The highest BCUT2D eigenvalue weighted by Gasteiger charge is 2.05. The second kappa shape index (κ2) is 11.4. The Bertz CT molecular complexity index is 125. The lowest BCUT2D eigenvalue weighted by Crippen LogP contribution is -2.29. The average molecular weight is 228 g/mol. The van der Waals surface area contributed by atoms with E-state index in [4.69, 9.17) is 0 Å². The van der Waals surface area contributed by atoms with E-state index >= 15 is 0 Å². The Morgan fingerprint density at radius 3 is 2.12 bits per heavy atom. The first kappa shape index (κ1) is 15.9. The van der Waals surface area contributed by atoms with E-state index in [0.717, 1.165) is 6.04 Å². The third-order valence-corrected chi connectivity index (χ3v) is 3.26. The number of hydrogen-bond acceptors (Lipinski definition) is 2. The lowest BCUT2D eigenvalue weighted by molar-refractivity contribution is 0.243. The van der Waals surface area contributed by atoms with Gasteiger partial charge in [0.1, 0.15) is 0 Å². The Labute approximate surface area is 103 Å². The molecular formula is C14H32N2. The molecule has 0 aromatic heterocycles. The fraction of sp³-hybridized carbons (Fsp3) is 1.00. The van der Waals surface area contributed by atoms with Crippen molar-refractivity contribution in [2.75, 3.05) is 26.7 Å². The minimum Gasteiger partial charge on any atom is -0.317 e. The van der Waals surface area contributed by atoms with Gasteiger partial charge in [-0.05, 0) is 59.3 Å². The molecule has 1 heterocycles. The quantitative estimate of drug-likeness (QED) is 0.750. The zero-order valence-corrected chi connectivity index (χ0v) is 11.9. The van der Waals surface area contributed by atoms with Gasteiger partial charge in [0.25, 0.3) is 0 Å². The van der Waals surface area contributed by atoms with Crippen molar-refractivity contribution in [1.29, 1.82) is 0 Å². The predicted octanol–water partition coefficient (Wildman–Crippen LogP) is 3.28. The number of unbranched alkanes of at least 4 members (excludes halogenated alkanes) is 1. The molecule has 16 heavy (non-hydrogen) atoms. The van der Waals surface area contributed by atoms with Gasteiger partial charge in [0, 0.05) is 6.04 Å². The minimum absolute atomic E-state index is 0.773. The van der Waals surface area contributed by atoms with Crippen molar-refractivity contribution in [1.82, 2.24) is 10.2 Å². The average Bonchev–Trinajstić information content (AvgIpc) is 2.84. The first-order chi connectivity index (χ1) is 7.72. The molecule has 1 aliphatic rings. The van der Waals surface area contributed by atoms with Gasteiger partial charge in [-0.15, -0.1) is 0 Å². The van der Waals surface area contributed by atoms with Gasteiger partial charge in [0.05, 0.1) is 0 Å². The molecule has 1 aliphatic heterocycles. The van der Waals surface area contributed by atoms with Crippen molar-refractivity contribution in [3.8, 4) is 0 Å². The van der Waals surface area contributed by atoms with Gasteiger partial charge in [-0.25, -0.2) is 0 Å². The molecule has 0 amide bonds. The summed E-state index contributed by atoms with van der Waals surface area (Å²) in [6.45, 7) is 10.6. The molecule has 0 aliphatic carbocycles. The SMILES string of the molecule is C1CCNC1.CCCCC(C)N(C)CCC. The smallest absolute Gasteiger partial charge is 0.00638 e. The maximum atomic E-state index is 3.22. The standard InChI is InChI=1S/C10H23N.C4H9N/c1-5-7-8-10(3)11(4)9-6-2;1-2-4-5-3-1/h10H,5-9H2,1-4H3;5H,1-4H2. The summed E-state index contributed by atoms with van der Waals surface area (Å²) >= 11 is 0. The predicted molar refractivity (Wildman–Crippen MR) is 74.0 cm³/mol. The lowest BCUT2D eigenvalue weighted by Gasteiger charge is -2.23. The molecule has 1 rings (SSSR count). The van der Waals surface area contributed by atoms with E-state index in [1.54, 1.807) is 0 Å². The summed E-state index contributed by atoms with van der Waals surface area (Å²) < 4.78 is 0. The molecule has 98 valence electrons. The maximum absolute atomic E-state index is 3.22. The Balaban J connectivity index is 0.000000368. The van der Waals surface area contributed by atoms with Crippen LogP contribution in [0.15, 0.2) is 0 Å². The molecule has 1 N–H and O–H groups in total. The normalized spacial score (nSPS) is 17.1. The topological polar surface area (TPSA) is 15.3 Å². The molecular weight excluding hydrogens is 196 g/mol. The first-order valence-corrected chi connectivity index (χ1v) is 7.13. The van der Waals surface area contributed by atoms with Gasteiger partial charge < -0.3 is 10.2 Å². The molecule has 1 unspecified atom stereocenters. The Morgan fingerprint density at radius 2 is 1.75 bits per heavy atom. The van der Waals surface area contributed by atoms with Crippen molar-refractivity contribution in [3.63, 3.8) is 0 Å². The third-order valence-electron chi connectivity index (χ3n) is 3.26. The largest absolute Gasteiger partial charge is 0.317 e. The van der Waals surface area contributed by atoms with E-state index in [0.29, 0.717) is 0 Å². The van der Waals surface area contributed by atoms with Crippen molar-refractivity contribution in [3.05, 3.63) is 0 Å². The molecule has 1 saturated heterocycles. The zero-order valence-electron chi connectivity index (χ0n) is 11.9. The summed E-state index contributed by atoms with van der Waals surface area (Å²) in [7, 11) is 2.23. The maximum Gasteiger partial charge on any atom is 0.00638 e. The molecule has 0 spiro atoms. The molecule has 1 fully saturated rings. The van der Waals surface area contributed by atoms with Crippen LogP contribution in [-0.4, -0.2) is 37.6 Å². The monoisotopic (exact) mass is 228 g/mol. The Morgan fingerprint density at radius 1 is 1.12 bits per heavy atom. The van der Waals surface area contributed by atoms with Crippen molar-refractivity contribution >= 4 is 0 Å². The summed E-state index contributed by atoms with van der Waals surface area (Å²) in [5, 5.41) is 3.22. The number of nitrogens with zero attached hydrogens (tertiary/aromatic N) is 1. The third kappa shape index (κ3) is 9.17. The van der Waals surface area contributed by atoms with Crippen LogP contribution < -0.4 is 5.32 Å². The van der Waals surface area contributed by atoms with Crippen LogP contribution in [0.25, 0.3) is 0 Å². The molecule has 0 aromatic rings. The van der Waals surface area contributed by atoms with Gasteiger partial charge in [0.15, 0.2) is 0 Å². The van der Waals surface area contributed by atoms with Crippen molar-refractivity contribution in [2.24, 2.45) is 0 Å². The van der Waals surface area contributed by atoms with Gasteiger partial charge in [-0.2, -0.15) is 0 Å². The molecule has 1 atom stereocenters. The van der Waals surface area contributed by atoms with E-state index < -0.39 is 0 Å². The molecule has 0 bridgehead atoms. The van der Waals surface area contributed by atoms with Gasteiger partial charge >= 0.3 is 0 Å². The second-order valence-corrected chi connectivity index (χ2v) is 4.93. The van der Waals surface area contributed by atoms with Crippen LogP contribution in [0.1, 0.15) is 59.3 Å². The van der Waals surface area contributed by atoms with Gasteiger partial charge in [-0.1, -0.05) is 26.7 Å². The fourth-order valence-corrected chi connectivity index (χ4v) is 1.92. The number of nitrogens with one attached hydrogen (secondary N) is 1. The summed E-state index contributed by atoms with van der Waals surface area (Å²) in [4.78, 5) is 2.45. The Kier molecular flexibility index (Phi) is 11.3. The summed E-state index contributed by atoms with van der Waals surface area (Å²) in [6, 6.07) is 0.773. The number of hydrogen-bond donors (Lipinski definition) is 1. The van der Waals surface area contributed by atoms with Gasteiger partial charge in [0.2, 0.25) is 0 Å². The highest BCUT2D eigenvalue weighted by Crippen LogP contribution is 2.06.